The van der Waals surface area contributed by atoms with E-state index in [0.717, 1.165) is 25.0 Å². The van der Waals surface area contributed by atoms with Gasteiger partial charge in [0.15, 0.2) is 0 Å². The summed E-state index contributed by atoms with van der Waals surface area (Å²) in [7, 11) is -2.10. The van der Waals surface area contributed by atoms with Gasteiger partial charge in [-0.2, -0.15) is 11.8 Å². The first-order valence-corrected chi connectivity index (χ1v) is 9.32. The molecule has 0 bridgehead atoms. The summed E-state index contributed by atoms with van der Waals surface area (Å²) in [5, 5.41) is -0.237. The maximum atomic E-state index is 12.3. The van der Waals surface area contributed by atoms with Gasteiger partial charge in [-0.25, -0.2) is 13.1 Å². The summed E-state index contributed by atoms with van der Waals surface area (Å²) in [6, 6.07) is 0. The van der Waals surface area contributed by atoms with Crippen molar-refractivity contribution in [2.24, 2.45) is 5.92 Å². The topological polar surface area (TPSA) is 72.5 Å². The van der Waals surface area contributed by atoms with Crippen molar-refractivity contribution in [1.29, 1.82) is 0 Å². The van der Waals surface area contributed by atoms with E-state index in [1.807, 2.05) is 11.8 Å². The first-order valence-electron chi connectivity index (χ1n) is 6.72. The van der Waals surface area contributed by atoms with Crippen LogP contribution in [0.1, 0.15) is 32.1 Å². The third-order valence-corrected chi connectivity index (χ3v) is 7.22. The molecule has 5 nitrogen and oxygen atoms in total. The van der Waals surface area contributed by atoms with Gasteiger partial charge in [0.1, 0.15) is 0 Å². The lowest BCUT2D eigenvalue weighted by molar-refractivity contribution is -0.145. The number of hydrogen-bond acceptors (Lipinski definition) is 5. The molecule has 110 valence electrons. The van der Waals surface area contributed by atoms with Crippen LogP contribution in [0.5, 0.6) is 0 Å². The lowest BCUT2D eigenvalue weighted by Crippen LogP contribution is -2.41. The van der Waals surface area contributed by atoms with Crippen LogP contribution < -0.4 is 4.72 Å². The van der Waals surface area contributed by atoms with Crippen molar-refractivity contribution in [3.05, 3.63) is 0 Å². The first kappa shape index (κ1) is 15.1. The van der Waals surface area contributed by atoms with Crippen molar-refractivity contribution in [3.8, 4) is 0 Å². The Bertz CT molecular complexity index is 417. The van der Waals surface area contributed by atoms with Crippen LogP contribution in [-0.4, -0.2) is 44.3 Å². The standard InChI is InChI=1S/C12H21NO4S2/c1-17-12(14)10-5-2-6-11(10)19(15,16)13-8-9-4-3-7-18-9/h9-11,13H,2-8H2,1H3. The number of carbonyl (C=O) groups is 1. The van der Waals surface area contributed by atoms with Gasteiger partial charge in [-0.05, 0) is 31.4 Å². The summed E-state index contributed by atoms with van der Waals surface area (Å²) in [4.78, 5) is 11.6. The predicted octanol–water partition coefficient (Wildman–Crippen LogP) is 1.14. The minimum Gasteiger partial charge on any atom is -0.469 e. The van der Waals surface area contributed by atoms with Crippen molar-refractivity contribution in [1.82, 2.24) is 4.72 Å². The van der Waals surface area contributed by atoms with Crippen molar-refractivity contribution >= 4 is 27.8 Å². The van der Waals surface area contributed by atoms with E-state index in [1.54, 1.807) is 0 Å². The molecule has 1 aliphatic carbocycles. The molecule has 2 aliphatic rings. The monoisotopic (exact) mass is 307 g/mol. The minimum atomic E-state index is -3.42. The molecule has 2 rings (SSSR count). The van der Waals surface area contributed by atoms with Crippen LogP contribution in [0.2, 0.25) is 0 Å². The first-order chi connectivity index (χ1) is 9.04. The Morgan fingerprint density at radius 3 is 2.74 bits per heavy atom. The lowest BCUT2D eigenvalue weighted by Gasteiger charge is -2.19. The second kappa shape index (κ2) is 6.45. The molecule has 0 aromatic heterocycles. The Labute approximate surface area is 118 Å². The Hall–Kier alpha value is -0.270. The summed E-state index contributed by atoms with van der Waals surface area (Å²) in [6.45, 7) is 0.484. The molecule has 7 heteroatoms. The molecule has 0 radical (unpaired) electrons. The van der Waals surface area contributed by atoms with Crippen molar-refractivity contribution < 1.29 is 17.9 Å². The smallest absolute Gasteiger partial charge is 0.310 e. The highest BCUT2D eigenvalue weighted by Crippen LogP contribution is 2.32. The summed E-state index contributed by atoms with van der Waals surface area (Å²) in [6.07, 6.45) is 4.15. The number of ether oxygens (including phenoxy) is 1. The van der Waals surface area contributed by atoms with Crippen LogP contribution in [0, 0.1) is 5.92 Å². The van der Waals surface area contributed by atoms with Gasteiger partial charge in [-0.1, -0.05) is 6.42 Å². The van der Waals surface area contributed by atoms with E-state index in [2.05, 4.69) is 4.72 Å². The molecule has 2 fully saturated rings. The van der Waals surface area contributed by atoms with Gasteiger partial charge >= 0.3 is 5.97 Å². The van der Waals surface area contributed by atoms with E-state index >= 15 is 0 Å². The molecule has 3 atom stereocenters. The number of hydrogen-bond donors (Lipinski definition) is 1. The lowest BCUT2D eigenvalue weighted by atomic mass is 10.1. The molecule has 19 heavy (non-hydrogen) atoms. The largest absolute Gasteiger partial charge is 0.469 e. The van der Waals surface area contributed by atoms with Crippen molar-refractivity contribution in [2.45, 2.75) is 42.6 Å². The van der Waals surface area contributed by atoms with Crippen LogP contribution in [0.25, 0.3) is 0 Å². The van der Waals surface area contributed by atoms with Crippen LogP contribution >= 0.6 is 11.8 Å². The molecule has 0 aromatic carbocycles. The molecule has 1 heterocycles. The summed E-state index contributed by atoms with van der Waals surface area (Å²) < 4.78 is 32.0. The summed E-state index contributed by atoms with van der Waals surface area (Å²) >= 11 is 1.82. The Morgan fingerprint density at radius 2 is 2.11 bits per heavy atom. The zero-order valence-electron chi connectivity index (χ0n) is 11.1. The third kappa shape index (κ3) is 3.64. The number of methoxy groups -OCH3 is 1. The molecule has 0 spiro atoms. The molecule has 1 saturated carbocycles. The van der Waals surface area contributed by atoms with E-state index in [0.29, 0.717) is 24.6 Å². The SMILES string of the molecule is COC(=O)C1CCCC1S(=O)(=O)NCC1CCCS1. The highest BCUT2D eigenvalue weighted by Gasteiger charge is 2.42. The van der Waals surface area contributed by atoms with E-state index in [1.165, 1.54) is 7.11 Å². The van der Waals surface area contributed by atoms with Crippen LogP contribution in [0.3, 0.4) is 0 Å². The molecule has 1 saturated heterocycles. The van der Waals surface area contributed by atoms with E-state index in [4.69, 9.17) is 4.74 Å². The maximum absolute atomic E-state index is 12.3. The molecule has 3 unspecified atom stereocenters. The molecule has 1 aliphatic heterocycles. The quantitative estimate of drug-likeness (QED) is 0.771. The van der Waals surface area contributed by atoms with Gasteiger partial charge < -0.3 is 4.74 Å². The van der Waals surface area contributed by atoms with Crippen molar-refractivity contribution in [2.75, 3.05) is 19.4 Å². The predicted molar refractivity (Wildman–Crippen MR) is 75.5 cm³/mol. The number of carbonyl (C=O) groups excluding carboxylic acids is 1. The third-order valence-electron chi connectivity index (χ3n) is 3.89. The fourth-order valence-electron chi connectivity index (χ4n) is 2.84. The number of thioether (sulfide) groups is 1. The highest BCUT2D eigenvalue weighted by atomic mass is 32.2. The second-order valence-corrected chi connectivity index (χ2v) is 8.52. The molecule has 1 N–H and O–H groups in total. The van der Waals surface area contributed by atoms with Gasteiger partial charge in [0, 0.05) is 11.8 Å². The average molecular weight is 307 g/mol. The van der Waals surface area contributed by atoms with E-state index in [9.17, 15) is 13.2 Å². The Balaban J connectivity index is 1.95. The van der Waals surface area contributed by atoms with E-state index in [-0.39, 0.29) is 0 Å². The molecule has 0 aromatic rings. The summed E-state index contributed by atoms with van der Waals surface area (Å²) in [5.41, 5.74) is 0. The van der Waals surface area contributed by atoms with Gasteiger partial charge in [0.2, 0.25) is 10.0 Å². The van der Waals surface area contributed by atoms with Gasteiger partial charge in [0.05, 0.1) is 18.3 Å². The normalized spacial score (nSPS) is 31.5. The minimum absolute atomic E-state index is 0.382. The van der Waals surface area contributed by atoms with Gasteiger partial charge in [0.25, 0.3) is 0 Å². The fraction of sp³-hybridized carbons (Fsp3) is 0.917. The number of nitrogens with one attached hydrogen (secondary N) is 1. The fourth-order valence-corrected chi connectivity index (χ4v) is 5.95. The maximum Gasteiger partial charge on any atom is 0.310 e. The number of sulfonamides is 1. The zero-order chi connectivity index (χ0) is 13.9. The van der Waals surface area contributed by atoms with Gasteiger partial charge in [-0.15, -0.1) is 0 Å². The number of rotatable bonds is 5. The highest BCUT2D eigenvalue weighted by molar-refractivity contribution is 8.00. The van der Waals surface area contributed by atoms with Crippen LogP contribution in [0.4, 0.5) is 0 Å². The second-order valence-electron chi connectivity index (χ2n) is 5.13. The van der Waals surface area contributed by atoms with Gasteiger partial charge in [-0.3, -0.25) is 4.79 Å². The Morgan fingerprint density at radius 1 is 1.32 bits per heavy atom. The Kier molecular flexibility index (Phi) is 5.14. The number of esters is 1. The van der Waals surface area contributed by atoms with Crippen LogP contribution in [0.15, 0.2) is 0 Å². The molecule has 0 amide bonds. The molecular formula is C12H21NO4S2. The van der Waals surface area contributed by atoms with E-state index < -0.39 is 27.2 Å². The average Bonchev–Trinajstić information content (AvgIpc) is 3.06. The van der Waals surface area contributed by atoms with Crippen LogP contribution in [-0.2, 0) is 19.6 Å². The zero-order valence-corrected chi connectivity index (χ0v) is 12.8. The van der Waals surface area contributed by atoms with Crippen molar-refractivity contribution in [3.63, 3.8) is 0 Å². The summed E-state index contributed by atoms with van der Waals surface area (Å²) in [5.74, 6) is 0.211. The molecular weight excluding hydrogens is 286 g/mol.